The maximum Gasteiger partial charge on any atom is 0.402 e. The molecule has 1 saturated heterocycles. The molecule has 20 heavy (non-hydrogen) atoms. The molecule has 0 spiro atoms. The molecule has 1 heterocycles. The molecule has 116 valence electrons. The summed E-state index contributed by atoms with van der Waals surface area (Å²) in [6.07, 6.45) is -1.71. The number of carbonyl (C=O) groups is 1. The minimum absolute atomic E-state index is 0.0212. The van der Waals surface area contributed by atoms with Crippen molar-refractivity contribution in [2.45, 2.75) is 44.3 Å². The van der Waals surface area contributed by atoms with E-state index in [4.69, 9.17) is 0 Å². The van der Waals surface area contributed by atoms with E-state index in [0.29, 0.717) is 25.7 Å². The molecule has 0 amide bonds. The minimum atomic E-state index is -4.59. The van der Waals surface area contributed by atoms with Crippen LogP contribution in [0.15, 0.2) is 0 Å². The van der Waals surface area contributed by atoms with Crippen LogP contribution in [-0.2, 0) is 15.0 Å². The molecule has 2 fully saturated rings. The standard InChI is InChI=1S/C11H17F3N2O3S/c12-11(13,14)7-15-20(18,19)16-6-2-4-9(16)8-3-1-5-10(8)17/h8-9,15H,1-7H2. The highest BCUT2D eigenvalue weighted by molar-refractivity contribution is 7.87. The van der Waals surface area contributed by atoms with E-state index < -0.39 is 29.0 Å². The minimum Gasteiger partial charge on any atom is -0.299 e. The van der Waals surface area contributed by atoms with Crippen LogP contribution in [0.2, 0.25) is 0 Å². The summed E-state index contributed by atoms with van der Waals surface area (Å²) in [5, 5.41) is 0. The Labute approximate surface area is 115 Å². The third-order valence-electron chi connectivity index (χ3n) is 3.83. The third kappa shape index (κ3) is 3.50. The molecule has 5 nitrogen and oxygen atoms in total. The van der Waals surface area contributed by atoms with Gasteiger partial charge in [0.25, 0.3) is 10.2 Å². The molecule has 0 radical (unpaired) electrons. The Morgan fingerprint density at radius 3 is 2.50 bits per heavy atom. The molecule has 2 atom stereocenters. The van der Waals surface area contributed by atoms with Gasteiger partial charge in [-0.3, -0.25) is 4.79 Å². The van der Waals surface area contributed by atoms with Crippen LogP contribution in [0.5, 0.6) is 0 Å². The monoisotopic (exact) mass is 314 g/mol. The lowest BCUT2D eigenvalue weighted by Crippen LogP contribution is -2.48. The molecular formula is C11H17F3N2O3S. The van der Waals surface area contributed by atoms with E-state index in [1.54, 1.807) is 4.72 Å². The molecule has 2 rings (SSSR count). The molecular weight excluding hydrogens is 297 g/mol. The predicted molar refractivity (Wildman–Crippen MR) is 65.1 cm³/mol. The Hall–Kier alpha value is -0.670. The van der Waals surface area contributed by atoms with Crippen molar-refractivity contribution in [1.82, 2.24) is 9.03 Å². The zero-order valence-electron chi connectivity index (χ0n) is 10.8. The van der Waals surface area contributed by atoms with E-state index in [9.17, 15) is 26.4 Å². The second kappa shape index (κ2) is 5.61. The molecule has 0 bridgehead atoms. The fourth-order valence-electron chi connectivity index (χ4n) is 2.97. The first-order chi connectivity index (χ1) is 9.21. The summed E-state index contributed by atoms with van der Waals surface area (Å²) in [7, 11) is -4.19. The van der Waals surface area contributed by atoms with Crippen molar-refractivity contribution in [2.24, 2.45) is 5.92 Å². The topological polar surface area (TPSA) is 66.5 Å². The predicted octanol–water partition coefficient (Wildman–Crippen LogP) is 1.22. The van der Waals surface area contributed by atoms with Crippen LogP contribution in [0.4, 0.5) is 13.2 Å². The zero-order valence-corrected chi connectivity index (χ0v) is 11.6. The number of rotatable bonds is 4. The first-order valence-corrected chi connectivity index (χ1v) is 8.00. The van der Waals surface area contributed by atoms with Gasteiger partial charge in [0.05, 0.1) is 0 Å². The van der Waals surface area contributed by atoms with E-state index in [1.807, 2.05) is 0 Å². The van der Waals surface area contributed by atoms with E-state index in [-0.39, 0.29) is 18.2 Å². The summed E-state index contributed by atoms with van der Waals surface area (Å²) in [5.74, 6) is -0.340. The smallest absolute Gasteiger partial charge is 0.299 e. The quantitative estimate of drug-likeness (QED) is 0.848. The summed E-state index contributed by atoms with van der Waals surface area (Å²) in [4.78, 5) is 11.7. The van der Waals surface area contributed by atoms with Gasteiger partial charge in [-0.15, -0.1) is 0 Å². The lowest BCUT2D eigenvalue weighted by molar-refractivity contribution is -0.123. The Bertz CT molecular complexity index is 478. The molecule has 1 aliphatic carbocycles. The second-order valence-corrected chi connectivity index (χ2v) is 6.93. The first-order valence-electron chi connectivity index (χ1n) is 6.56. The summed E-state index contributed by atoms with van der Waals surface area (Å²) >= 11 is 0. The number of halogens is 3. The first kappa shape index (κ1) is 15.7. The van der Waals surface area contributed by atoms with Crippen LogP contribution < -0.4 is 4.72 Å². The van der Waals surface area contributed by atoms with Crippen molar-refractivity contribution in [3.05, 3.63) is 0 Å². The fourth-order valence-corrected chi connectivity index (χ4v) is 4.46. The van der Waals surface area contributed by atoms with Crippen molar-refractivity contribution < 1.29 is 26.4 Å². The summed E-state index contributed by atoms with van der Waals surface area (Å²) in [5.41, 5.74) is 0. The van der Waals surface area contributed by atoms with Gasteiger partial charge in [0.15, 0.2) is 0 Å². The third-order valence-corrected chi connectivity index (χ3v) is 5.41. The number of nitrogens with zero attached hydrogens (tertiary/aromatic N) is 1. The normalized spacial score (nSPS) is 29.2. The molecule has 1 N–H and O–H groups in total. The van der Waals surface area contributed by atoms with Gasteiger partial charge in [-0.25, -0.2) is 0 Å². The molecule has 1 saturated carbocycles. The SMILES string of the molecule is O=C1CCCC1C1CCCN1S(=O)(=O)NCC(F)(F)F. The van der Waals surface area contributed by atoms with Crippen LogP contribution in [0.1, 0.15) is 32.1 Å². The van der Waals surface area contributed by atoms with Gasteiger partial charge < -0.3 is 0 Å². The van der Waals surface area contributed by atoms with Gasteiger partial charge in [0.2, 0.25) is 0 Å². The maximum atomic E-state index is 12.1. The van der Waals surface area contributed by atoms with Crippen molar-refractivity contribution in [3.63, 3.8) is 0 Å². The van der Waals surface area contributed by atoms with Gasteiger partial charge in [0, 0.05) is 24.9 Å². The van der Waals surface area contributed by atoms with Gasteiger partial charge in [-0.2, -0.15) is 30.6 Å². The van der Waals surface area contributed by atoms with E-state index in [0.717, 1.165) is 10.7 Å². The highest BCUT2D eigenvalue weighted by Crippen LogP contribution is 2.34. The van der Waals surface area contributed by atoms with Crippen LogP contribution in [-0.4, -0.2) is 43.8 Å². The average molecular weight is 314 g/mol. The lowest BCUT2D eigenvalue weighted by atomic mass is 9.96. The Kier molecular flexibility index (Phi) is 4.41. The molecule has 0 aromatic rings. The summed E-state index contributed by atoms with van der Waals surface area (Å²) in [6.45, 7) is -1.42. The highest BCUT2D eigenvalue weighted by Gasteiger charge is 2.43. The average Bonchev–Trinajstić information content (AvgIpc) is 2.93. The lowest BCUT2D eigenvalue weighted by Gasteiger charge is -2.28. The van der Waals surface area contributed by atoms with Crippen LogP contribution >= 0.6 is 0 Å². The number of nitrogens with one attached hydrogen (secondary N) is 1. The number of hydrogen-bond donors (Lipinski definition) is 1. The van der Waals surface area contributed by atoms with Crippen LogP contribution in [0.25, 0.3) is 0 Å². The fraction of sp³-hybridized carbons (Fsp3) is 0.909. The van der Waals surface area contributed by atoms with Gasteiger partial charge >= 0.3 is 6.18 Å². The van der Waals surface area contributed by atoms with E-state index in [2.05, 4.69) is 0 Å². The maximum absolute atomic E-state index is 12.1. The van der Waals surface area contributed by atoms with E-state index in [1.165, 1.54) is 0 Å². The Morgan fingerprint density at radius 1 is 1.25 bits per heavy atom. The van der Waals surface area contributed by atoms with Gasteiger partial charge in [0.1, 0.15) is 12.3 Å². The largest absolute Gasteiger partial charge is 0.402 e. The second-order valence-electron chi connectivity index (χ2n) is 5.23. The van der Waals surface area contributed by atoms with Crippen molar-refractivity contribution >= 4 is 16.0 Å². The number of hydrogen-bond acceptors (Lipinski definition) is 3. The number of alkyl halides is 3. The molecule has 0 aromatic heterocycles. The highest BCUT2D eigenvalue weighted by atomic mass is 32.2. The summed E-state index contributed by atoms with van der Waals surface area (Å²) in [6, 6.07) is -0.490. The molecule has 0 aromatic carbocycles. The summed E-state index contributed by atoms with van der Waals surface area (Å²) < 4.78 is 62.9. The Balaban J connectivity index is 2.07. The van der Waals surface area contributed by atoms with Crippen molar-refractivity contribution in [2.75, 3.05) is 13.1 Å². The Morgan fingerprint density at radius 2 is 1.95 bits per heavy atom. The molecule has 2 aliphatic rings. The molecule has 1 aliphatic heterocycles. The molecule has 9 heteroatoms. The number of ketones is 1. The van der Waals surface area contributed by atoms with Crippen molar-refractivity contribution in [3.8, 4) is 0 Å². The number of Topliss-reactive ketones (excluding diaryl/α,β-unsaturated/α-hetero) is 1. The van der Waals surface area contributed by atoms with Gasteiger partial charge in [-0.1, -0.05) is 0 Å². The van der Waals surface area contributed by atoms with Gasteiger partial charge in [-0.05, 0) is 25.7 Å². The molecule has 2 unspecified atom stereocenters. The van der Waals surface area contributed by atoms with E-state index >= 15 is 0 Å². The van der Waals surface area contributed by atoms with Crippen LogP contribution in [0.3, 0.4) is 0 Å². The number of carbonyl (C=O) groups excluding carboxylic acids is 1. The zero-order chi connectivity index (χ0) is 15.0. The van der Waals surface area contributed by atoms with Crippen molar-refractivity contribution in [1.29, 1.82) is 0 Å². The van der Waals surface area contributed by atoms with Crippen LogP contribution in [0, 0.1) is 5.92 Å².